The molecule has 0 N–H and O–H groups in total. The van der Waals surface area contributed by atoms with Crippen LogP contribution < -0.4 is 4.74 Å². The molecule has 0 amide bonds. The summed E-state index contributed by atoms with van der Waals surface area (Å²) in [6, 6.07) is 6.21. The molecule has 0 radical (unpaired) electrons. The number of fused-ring (bicyclic) bond motifs is 2. The van der Waals surface area contributed by atoms with Crippen LogP contribution in [0.15, 0.2) is 29.3 Å². The molecule has 1 heterocycles. The number of hydrogen-bond acceptors (Lipinski definition) is 1. The van der Waals surface area contributed by atoms with Crippen molar-refractivity contribution in [1.82, 2.24) is 0 Å². The van der Waals surface area contributed by atoms with Crippen LogP contribution >= 0.6 is 15.9 Å². The van der Waals surface area contributed by atoms with E-state index >= 15 is 0 Å². The summed E-state index contributed by atoms with van der Waals surface area (Å²) in [5.74, 6) is 1.53. The van der Waals surface area contributed by atoms with Gasteiger partial charge in [-0.3, -0.25) is 0 Å². The fourth-order valence-corrected chi connectivity index (χ4v) is 3.33. The Labute approximate surface area is 105 Å². The van der Waals surface area contributed by atoms with Crippen LogP contribution in [0.25, 0.3) is 5.57 Å². The molecule has 1 aromatic rings. The largest absolute Gasteiger partial charge is 0.488 e. The lowest BCUT2D eigenvalue weighted by Gasteiger charge is -2.38. The Kier molecular flexibility index (Phi) is 2.55. The summed E-state index contributed by atoms with van der Waals surface area (Å²) in [7, 11) is 0. The molecule has 2 heteroatoms. The molecule has 2 aliphatic rings. The van der Waals surface area contributed by atoms with Crippen LogP contribution in [-0.4, -0.2) is 6.10 Å². The average molecular weight is 279 g/mol. The molecule has 1 aliphatic carbocycles. The van der Waals surface area contributed by atoms with Gasteiger partial charge in [0.05, 0.1) is 4.47 Å². The van der Waals surface area contributed by atoms with Crippen molar-refractivity contribution in [1.29, 1.82) is 0 Å². The van der Waals surface area contributed by atoms with E-state index in [-0.39, 0.29) is 0 Å². The molecule has 0 aromatic heterocycles. The number of rotatable bonds is 0. The lowest BCUT2D eigenvalue weighted by atomic mass is 9.77. The fourth-order valence-electron chi connectivity index (χ4n) is 2.87. The van der Waals surface area contributed by atoms with Gasteiger partial charge in [-0.15, -0.1) is 0 Å². The first kappa shape index (κ1) is 10.4. The van der Waals surface area contributed by atoms with Gasteiger partial charge in [-0.1, -0.05) is 25.1 Å². The molecule has 84 valence electrons. The van der Waals surface area contributed by atoms with E-state index in [9.17, 15) is 0 Å². The molecular weight excluding hydrogens is 264 g/mol. The quantitative estimate of drug-likeness (QED) is 0.683. The Morgan fingerprint density at radius 2 is 2.06 bits per heavy atom. The Morgan fingerprint density at radius 1 is 1.25 bits per heavy atom. The van der Waals surface area contributed by atoms with E-state index in [0.29, 0.717) is 12.0 Å². The van der Waals surface area contributed by atoms with Gasteiger partial charge in [-0.25, -0.2) is 0 Å². The topological polar surface area (TPSA) is 9.23 Å². The molecule has 1 aliphatic heterocycles. The highest BCUT2D eigenvalue weighted by atomic mass is 79.9. The summed E-state index contributed by atoms with van der Waals surface area (Å²) in [6.45, 7) is 4.28. The van der Waals surface area contributed by atoms with Crippen LogP contribution in [0.1, 0.15) is 31.2 Å². The molecule has 16 heavy (non-hydrogen) atoms. The summed E-state index contributed by atoms with van der Waals surface area (Å²) < 4.78 is 7.18. The van der Waals surface area contributed by atoms with Gasteiger partial charge in [-0.05, 0) is 46.8 Å². The maximum absolute atomic E-state index is 6.13. The van der Waals surface area contributed by atoms with Crippen LogP contribution in [0.2, 0.25) is 0 Å². The number of hydrogen-bond donors (Lipinski definition) is 0. The van der Waals surface area contributed by atoms with E-state index in [1.807, 2.05) is 6.07 Å². The van der Waals surface area contributed by atoms with Gasteiger partial charge < -0.3 is 4.74 Å². The molecule has 1 saturated carbocycles. The molecule has 0 bridgehead atoms. The van der Waals surface area contributed by atoms with Gasteiger partial charge in [0.15, 0.2) is 0 Å². The van der Waals surface area contributed by atoms with Gasteiger partial charge >= 0.3 is 0 Å². The molecule has 3 rings (SSSR count). The van der Waals surface area contributed by atoms with Gasteiger partial charge in [0, 0.05) is 11.5 Å². The minimum atomic E-state index is 0.354. The van der Waals surface area contributed by atoms with Crippen molar-refractivity contribution < 1.29 is 4.74 Å². The second kappa shape index (κ2) is 3.92. The Balaban J connectivity index is 2.06. The summed E-state index contributed by atoms with van der Waals surface area (Å²) in [4.78, 5) is 0. The Hall–Kier alpha value is -0.760. The third-order valence-corrected chi connectivity index (χ3v) is 4.36. The molecule has 1 aromatic carbocycles. The van der Waals surface area contributed by atoms with Crippen LogP contribution in [0.3, 0.4) is 0 Å². The third-order valence-electron chi connectivity index (χ3n) is 3.73. The Bertz CT molecular complexity index is 438. The number of benzene rings is 1. The van der Waals surface area contributed by atoms with E-state index in [1.54, 1.807) is 0 Å². The zero-order valence-corrected chi connectivity index (χ0v) is 10.8. The van der Waals surface area contributed by atoms with E-state index in [4.69, 9.17) is 4.74 Å². The summed E-state index contributed by atoms with van der Waals surface area (Å²) in [5, 5.41) is 0. The van der Waals surface area contributed by atoms with Crippen molar-refractivity contribution >= 4 is 21.5 Å². The monoisotopic (exact) mass is 278 g/mol. The van der Waals surface area contributed by atoms with E-state index in [2.05, 4.69) is 34.6 Å². The Morgan fingerprint density at radius 3 is 2.94 bits per heavy atom. The van der Waals surface area contributed by atoms with Crippen LogP contribution in [0, 0.1) is 5.92 Å². The third kappa shape index (κ3) is 1.51. The average Bonchev–Trinajstić information content (AvgIpc) is 2.31. The van der Waals surface area contributed by atoms with Crippen LogP contribution in [0.4, 0.5) is 0 Å². The highest BCUT2D eigenvalue weighted by Gasteiger charge is 2.35. The number of ether oxygens (including phenoxy) is 1. The first-order valence-corrected chi connectivity index (χ1v) is 6.71. The highest BCUT2D eigenvalue weighted by molar-refractivity contribution is 9.10. The summed E-state index contributed by atoms with van der Waals surface area (Å²) in [5.41, 5.74) is 2.46. The van der Waals surface area contributed by atoms with Crippen LogP contribution in [-0.2, 0) is 0 Å². The van der Waals surface area contributed by atoms with Gasteiger partial charge in [0.1, 0.15) is 11.9 Å². The maximum Gasteiger partial charge on any atom is 0.141 e. The normalized spacial score (nSPS) is 27.9. The van der Waals surface area contributed by atoms with Crippen molar-refractivity contribution in [3.63, 3.8) is 0 Å². The van der Waals surface area contributed by atoms with Gasteiger partial charge in [0.25, 0.3) is 0 Å². The number of halogens is 1. The second-order valence-corrected chi connectivity index (χ2v) is 5.54. The minimum absolute atomic E-state index is 0.354. The molecule has 2 atom stereocenters. The van der Waals surface area contributed by atoms with Crippen molar-refractivity contribution in [2.75, 3.05) is 0 Å². The second-order valence-electron chi connectivity index (χ2n) is 4.69. The van der Waals surface area contributed by atoms with Crippen molar-refractivity contribution in [2.24, 2.45) is 5.92 Å². The van der Waals surface area contributed by atoms with Crippen molar-refractivity contribution in [2.45, 2.75) is 31.8 Å². The SMILES string of the molecule is C=C1c2cccc(Br)c2OC2CCCCC12. The number of para-hydroxylation sites is 1. The molecule has 1 nitrogen and oxygen atoms in total. The maximum atomic E-state index is 6.13. The first-order valence-electron chi connectivity index (χ1n) is 5.91. The first-order chi connectivity index (χ1) is 7.77. The van der Waals surface area contributed by atoms with E-state index in [0.717, 1.165) is 10.2 Å². The van der Waals surface area contributed by atoms with Crippen molar-refractivity contribution in [3.05, 3.63) is 34.8 Å². The lowest BCUT2D eigenvalue weighted by Crippen LogP contribution is -2.34. The molecule has 2 unspecified atom stereocenters. The molecule has 0 saturated heterocycles. The zero-order chi connectivity index (χ0) is 11.1. The predicted octanol–water partition coefficient (Wildman–Crippen LogP) is 4.41. The molecular formula is C14H15BrO. The van der Waals surface area contributed by atoms with Gasteiger partial charge in [0.2, 0.25) is 0 Å². The highest BCUT2D eigenvalue weighted by Crippen LogP contribution is 2.46. The fraction of sp³-hybridized carbons (Fsp3) is 0.429. The van der Waals surface area contributed by atoms with Gasteiger partial charge in [-0.2, -0.15) is 0 Å². The smallest absolute Gasteiger partial charge is 0.141 e. The van der Waals surface area contributed by atoms with E-state index < -0.39 is 0 Å². The van der Waals surface area contributed by atoms with E-state index in [1.165, 1.54) is 36.8 Å². The standard InChI is InChI=1S/C14H15BrO/c1-9-10-5-2-3-8-13(10)16-14-11(9)6-4-7-12(14)15/h4,6-7,10,13H,1-3,5,8H2. The molecule has 1 fully saturated rings. The van der Waals surface area contributed by atoms with Crippen molar-refractivity contribution in [3.8, 4) is 5.75 Å². The predicted molar refractivity (Wildman–Crippen MR) is 69.6 cm³/mol. The lowest BCUT2D eigenvalue weighted by molar-refractivity contribution is 0.111. The molecule has 0 spiro atoms. The summed E-state index contributed by atoms with van der Waals surface area (Å²) in [6.07, 6.45) is 5.36. The summed E-state index contributed by atoms with van der Waals surface area (Å²) >= 11 is 3.56. The zero-order valence-electron chi connectivity index (χ0n) is 9.21. The minimum Gasteiger partial charge on any atom is -0.488 e. The van der Waals surface area contributed by atoms with Crippen LogP contribution in [0.5, 0.6) is 5.75 Å².